The number of para-hydroxylation sites is 1. The molecule has 2 aliphatic rings. The van der Waals surface area contributed by atoms with E-state index in [1.165, 1.54) is 5.56 Å². The van der Waals surface area contributed by atoms with E-state index < -0.39 is 0 Å². The molecular formula is C11H13NO. The van der Waals surface area contributed by atoms with Gasteiger partial charge in [-0.05, 0) is 18.2 Å². The lowest BCUT2D eigenvalue weighted by Gasteiger charge is -2.21. The van der Waals surface area contributed by atoms with Crippen LogP contribution in [0.25, 0.3) is 0 Å². The Labute approximate surface area is 77.9 Å². The highest BCUT2D eigenvalue weighted by molar-refractivity contribution is 5.39. The Morgan fingerprint density at radius 2 is 2.23 bits per heavy atom. The summed E-state index contributed by atoms with van der Waals surface area (Å²) < 4.78 is 5.99. The maximum Gasteiger partial charge on any atom is 0.127 e. The molecule has 2 heterocycles. The lowest BCUT2D eigenvalue weighted by Crippen LogP contribution is -2.36. The van der Waals surface area contributed by atoms with Crippen LogP contribution in [-0.2, 0) is 6.42 Å². The van der Waals surface area contributed by atoms with Crippen molar-refractivity contribution in [2.45, 2.75) is 18.4 Å². The lowest BCUT2D eigenvalue weighted by molar-refractivity contribution is 0.118. The molecule has 0 aromatic heterocycles. The van der Waals surface area contributed by atoms with Crippen molar-refractivity contribution in [1.82, 2.24) is 5.32 Å². The molecule has 0 radical (unpaired) electrons. The molecule has 1 N–H and O–H groups in total. The average molecular weight is 175 g/mol. The molecule has 1 saturated heterocycles. The first kappa shape index (κ1) is 7.39. The van der Waals surface area contributed by atoms with Crippen molar-refractivity contribution in [2.24, 2.45) is 0 Å². The van der Waals surface area contributed by atoms with Gasteiger partial charge in [0.2, 0.25) is 0 Å². The molecule has 0 saturated carbocycles. The van der Waals surface area contributed by atoms with Crippen molar-refractivity contribution in [2.75, 3.05) is 13.1 Å². The zero-order valence-corrected chi connectivity index (χ0v) is 7.55. The Balaban J connectivity index is 1.96. The van der Waals surface area contributed by atoms with E-state index in [-0.39, 0.29) is 5.60 Å². The summed E-state index contributed by atoms with van der Waals surface area (Å²) in [5.74, 6) is 1.09. The smallest absolute Gasteiger partial charge is 0.127 e. The Morgan fingerprint density at radius 3 is 3.00 bits per heavy atom. The second-order valence-electron chi connectivity index (χ2n) is 4.00. The summed E-state index contributed by atoms with van der Waals surface area (Å²) in [6, 6.07) is 8.37. The van der Waals surface area contributed by atoms with Gasteiger partial charge in [-0.25, -0.2) is 0 Å². The molecular weight excluding hydrogens is 162 g/mol. The summed E-state index contributed by atoms with van der Waals surface area (Å²) in [6.07, 6.45) is 2.22. The Hall–Kier alpha value is -1.02. The topological polar surface area (TPSA) is 21.3 Å². The Morgan fingerprint density at radius 1 is 1.31 bits per heavy atom. The van der Waals surface area contributed by atoms with Gasteiger partial charge in [-0.2, -0.15) is 0 Å². The van der Waals surface area contributed by atoms with Gasteiger partial charge in [-0.3, -0.25) is 0 Å². The number of benzene rings is 1. The third-order valence-corrected chi connectivity index (χ3v) is 3.02. The maximum atomic E-state index is 5.99. The first-order valence-electron chi connectivity index (χ1n) is 4.86. The molecule has 1 atom stereocenters. The normalized spacial score (nSPS) is 30.5. The van der Waals surface area contributed by atoms with Crippen LogP contribution >= 0.6 is 0 Å². The fourth-order valence-electron chi connectivity index (χ4n) is 2.32. The number of rotatable bonds is 0. The van der Waals surface area contributed by atoms with Crippen molar-refractivity contribution < 1.29 is 4.74 Å². The molecule has 68 valence electrons. The molecule has 2 aliphatic heterocycles. The van der Waals surface area contributed by atoms with Gasteiger partial charge in [-0.15, -0.1) is 0 Å². The molecule has 2 heteroatoms. The molecule has 13 heavy (non-hydrogen) atoms. The van der Waals surface area contributed by atoms with Gasteiger partial charge in [-0.1, -0.05) is 18.2 Å². The third-order valence-electron chi connectivity index (χ3n) is 3.02. The fraction of sp³-hybridized carbons (Fsp3) is 0.455. The van der Waals surface area contributed by atoms with E-state index in [4.69, 9.17) is 4.74 Å². The first-order valence-corrected chi connectivity index (χ1v) is 4.86. The standard InChI is InChI=1S/C11H13NO/c1-2-4-10-9(3-1)7-11(13-10)5-6-12-8-11/h1-4,12H,5-8H2/t11-/m1/s1. The fourth-order valence-corrected chi connectivity index (χ4v) is 2.32. The van der Waals surface area contributed by atoms with Gasteiger partial charge in [0.05, 0.1) is 0 Å². The maximum absolute atomic E-state index is 5.99. The zero-order chi connectivity index (χ0) is 8.73. The highest BCUT2D eigenvalue weighted by Gasteiger charge is 2.41. The van der Waals surface area contributed by atoms with E-state index in [1.54, 1.807) is 0 Å². The predicted octanol–water partition coefficient (Wildman–Crippen LogP) is 1.35. The summed E-state index contributed by atoms with van der Waals surface area (Å²) in [4.78, 5) is 0. The Kier molecular flexibility index (Phi) is 1.41. The molecule has 1 fully saturated rings. The van der Waals surface area contributed by atoms with Crippen molar-refractivity contribution in [3.63, 3.8) is 0 Å². The first-order chi connectivity index (χ1) is 6.38. The van der Waals surface area contributed by atoms with Gasteiger partial charge in [0.15, 0.2) is 0 Å². The van der Waals surface area contributed by atoms with Crippen LogP contribution in [0.1, 0.15) is 12.0 Å². The molecule has 0 bridgehead atoms. The van der Waals surface area contributed by atoms with Crippen molar-refractivity contribution in [3.8, 4) is 5.75 Å². The summed E-state index contributed by atoms with van der Waals surface area (Å²) in [7, 11) is 0. The van der Waals surface area contributed by atoms with Crippen LogP contribution < -0.4 is 10.1 Å². The Bertz CT molecular complexity index is 302. The molecule has 1 aromatic rings. The minimum absolute atomic E-state index is 0.0870. The highest BCUT2D eigenvalue weighted by atomic mass is 16.5. The van der Waals surface area contributed by atoms with Crippen LogP contribution in [-0.4, -0.2) is 18.7 Å². The third kappa shape index (κ3) is 1.05. The lowest BCUT2D eigenvalue weighted by atomic mass is 9.97. The second-order valence-corrected chi connectivity index (χ2v) is 4.00. The SMILES string of the molecule is c1ccc2c(c1)C[C@@]1(CCNC1)O2. The van der Waals surface area contributed by atoms with E-state index in [0.29, 0.717) is 0 Å². The van der Waals surface area contributed by atoms with Crippen LogP contribution in [0.5, 0.6) is 5.75 Å². The summed E-state index contributed by atoms with van der Waals surface area (Å²) >= 11 is 0. The van der Waals surface area contributed by atoms with Crippen LogP contribution in [0.4, 0.5) is 0 Å². The highest BCUT2D eigenvalue weighted by Crippen LogP contribution is 2.37. The molecule has 3 rings (SSSR count). The van der Waals surface area contributed by atoms with Crippen LogP contribution in [0.2, 0.25) is 0 Å². The quantitative estimate of drug-likeness (QED) is 0.642. The molecule has 1 aromatic carbocycles. The van der Waals surface area contributed by atoms with E-state index in [2.05, 4.69) is 23.5 Å². The van der Waals surface area contributed by atoms with Crippen molar-refractivity contribution >= 4 is 0 Å². The van der Waals surface area contributed by atoms with Crippen LogP contribution in [0.3, 0.4) is 0 Å². The molecule has 0 unspecified atom stereocenters. The minimum Gasteiger partial charge on any atom is -0.485 e. The van der Waals surface area contributed by atoms with E-state index in [1.807, 2.05) is 6.07 Å². The van der Waals surface area contributed by atoms with Gasteiger partial charge >= 0.3 is 0 Å². The zero-order valence-electron chi connectivity index (χ0n) is 7.55. The van der Waals surface area contributed by atoms with Crippen LogP contribution in [0.15, 0.2) is 24.3 Å². The van der Waals surface area contributed by atoms with E-state index in [0.717, 1.165) is 31.7 Å². The minimum atomic E-state index is 0.0870. The van der Waals surface area contributed by atoms with Crippen molar-refractivity contribution in [3.05, 3.63) is 29.8 Å². The van der Waals surface area contributed by atoms with Gasteiger partial charge in [0.1, 0.15) is 11.4 Å². The average Bonchev–Trinajstić information content (AvgIpc) is 2.72. The van der Waals surface area contributed by atoms with Gasteiger partial charge in [0, 0.05) is 19.4 Å². The summed E-state index contributed by atoms with van der Waals surface area (Å²) in [5.41, 5.74) is 1.45. The summed E-state index contributed by atoms with van der Waals surface area (Å²) in [5, 5.41) is 3.36. The largest absolute Gasteiger partial charge is 0.485 e. The summed E-state index contributed by atoms with van der Waals surface area (Å²) in [6.45, 7) is 2.09. The number of ether oxygens (including phenoxy) is 1. The monoisotopic (exact) mass is 175 g/mol. The number of hydrogen-bond acceptors (Lipinski definition) is 2. The molecule has 2 nitrogen and oxygen atoms in total. The number of nitrogens with one attached hydrogen (secondary N) is 1. The van der Waals surface area contributed by atoms with E-state index in [9.17, 15) is 0 Å². The van der Waals surface area contributed by atoms with Crippen molar-refractivity contribution in [1.29, 1.82) is 0 Å². The molecule has 0 amide bonds. The van der Waals surface area contributed by atoms with E-state index >= 15 is 0 Å². The second kappa shape index (κ2) is 2.48. The number of fused-ring (bicyclic) bond motifs is 1. The van der Waals surface area contributed by atoms with Crippen LogP contribution in [0, 0.1) is 0 Å². The molecule has 1 spiro atoms. The van der Waals surface area contributed by atoms with Gasteiger partial charge < -0.3 is 10.1 Å². The predicted molar refractivity (Wildman–Crippen MR) is 51.0 cm³/mol. The molecule has 0 aliphatic carbocycles. The number of hydrogen-bond donors (Lipinski definition) is 1. The van der Waals surface area contributed by atoms with Gasteiger partial charge in [0.25, 0.3) is 0 Å².